The minimum absolute atomic E-state index is 0.0902. The molecule has 0 fully saturated rings. The van der Waals surface area contributed by atoms with E-state index in [1.54, 1.807) is 12.1 Å². The molecule has 0 spiro atoms. The van der Waals surface area contributed by atoms with Crippen molar-refractivity contribution in [3.05, 3.63) is 53.6 Å². The first kappa shape index (κ1) is 16.2. The molecule has 116 valence electrons. The molecule has 0 heterocycles. The van der Waals surface area contributed by atoms with Crippen LogP contribution in [0.2, 0.25) is 5.02 Å². The van der Waals surface area contributed by atoms with Gasteiger partial charge in [-0.15, -0.1) is 0 Å². The van der Waals surface area contributed by atoms with E-state index >= 15 is 0 Å². The Morgan fingerprint density at radius 3 is 2.09 bits per heavy atom. The van der Waals surface area contributed by atoms with E-state index in [-0.39, 0.29) is 11.9 Å². The molecule has 0 aromatic heterocycles. The van der Waals surface area contributed by atoms with E-state index in [1.165, 1.54) is 0 Å². The van der Waals surface area contributed by atoms with Gasteiger partial charge < -0.3 is 15.5 Å². The monoisotopic (exact) mass is 317 g/mol. The van der Waals surface area contributed by atoms with Gasteiger partial charge in [0.25, 0.3) is 0 Å². The van der Waals surface area contributed by atoms with Crippen LogP contribution in [-0.2, 0) is 4.79 Å². The molecule has 5 heteroatoms. The summed E-state index contributed by atoms with van der Waals surface area (Å²) < 4.78 is 0. The Bertz CT molecular complexity index is 623. The third-order valence-corrected chi connectivity index (χ3v) is 3.52. The molecule has 2 aromatic rings. The van der Waals surface area contributed by atoms with Gasteiger partial charge in [0, 0.05) is 36.2 Å². The second-order valence-electron chi connectivity index (χ2n) is 5.30. The average molecular weight is 318 g/mol. The zero-order chi connectivity index (χ0) is 16.1. The molecule has 0 radical (unpaired) electrons. The summed E-state index contributed by atoms with van der Waals surface area (Å²) in [7, 11) is 3.96. The van der Waals surface area contributed by atoms with Gasteiger partial charge in [-0.25, -0.2) is 0 Å². The lowest BCUT2D eigenvalue weighted by Crippen LogP contribution is -2.31. The highest BCUT2D eigenvalue weighted by Gasteiger charge is 2.12. The third kappa shape index (κ3) is 4.40. The molecule has 4 nitrogen and oxygen atoms in total. The van der Waals surface area contributed by atoms with Crippen LogP contribution in [0.1, 0.15) is 6.92 Å². The standard InChI is InChI=1S/C17H20ClN3O/c1-12(19-14-6-4-13(18)5-7-14)17(22)20-15-8-10-16(11-9-15)21(2)3/h4-12,19H,1-3H3,(H,20,22)/t12-/m0/s1. The predicted molar refractivity (Wildman–Crippen MR) is 93.9 cm³/mol. The number of anilines is 3. The van der Waals surface area contributed by atoms with Gasteiger partial charge in [-0.05, 0) is 55.5 Å². The maximum Gasteiger partial charge on any atom is 0.246 e. The number of benzene rings is 2. The van der Waals surface area contributed by atoms with E-state index in [9.17, 15) is 4.79 Å². The number of hydrogen-bond acceptors (Lipinski definition) is 3. The second kappa shape index (κ2) is 7.18. The van der Waals surface area contributed by atoms with Crippen LogP contribution in [0.4, 0.5) is 17.1 Å². The van der Waals surface area contributed by atoms with Gasteiger partial charge in [0.2, 0.25) is 5.91 Å². The zero-order valence-corrected chi connectivity index (χ0v) is 13.7. The van der Waals surface area contributed by atoms with Crippen LogP contribution in [0, 0.1) is 0 Å². The van der Waals surface area contributed by atoms with E-state index in [4.69, 9.17) is 11.6 Å². The summed E-state index contributed by atoms with van der Waals surface area (Å²) in [4.78, 5) is 14.2. The Labute approximate surface area is 136 Å². The molecule has 22 heavy (non-hydrogen) atoms. The Hall–Kier alpha value is -2.20. The van der Waals surface area contributed by atoms with Gasteiger partial charge in [-0.2, -0.15) is 0 Å². The highest BCUT2D eigenvalue weighted by atomic mass is 35.5. The minimum Gasteiger partial charge on any atom is -0.378 e. The number of nitrogens with one attached hydrogen (secondary N) is 2. The largest absolute Gasteiger partial charge is 0.378 e. The van der Waals surface area contributed by atoms with E-state index in [2.05, 4.69) is 10.6 Å². The SMILES string of the molecule is C[C@H](Nc1ccc(Cl)cc1)C(=O)Nc1ccc(N(C)C)cc1. The predicted octanol–water partition coefficient (Wildman–Crippen LogP) is 3.85. The lowest BCUT2D eigenvalue weighted by molar-refractivity contribution is -0.116. The molecule has 0 aliphatic heterocycles. The van der Waals surface area contributed by atoms with E-state index in [0.29, 0.717) is 5.02 Å². The van der Waals surface area contributed by atoms with Crippen molar-refractivity contribution in [2.24, 2.45) is 0 Å². The first-order valence-corrected chi connectivity index (χ1v) is 7.44. The Morgan fingerprint density at radius 1 is 1.00 bits per heavy atom. The van der Waals surface area contributed by atoms with E-state index < -0.39 is 0 Å². The average Bonchev–Trinajstić information content (AvgIpc) is 2.50. The molecule has 0 aliphatic carbocycles. The lowest BCUT2D eigenvalue weighted by atomic mass is 10.2. The normalized spacial score (nSPS) is 11.6. The molecule has 0 saturated heterocycles. The smallest absolute Gasteiger partial charge is 0.246 e. The van der Waals surface area contributed by atoms with Crippen molar-refractivity contribution in [1.82, 2.24) is 0 Å². The van der Waals surface area contributed by atoms with Crippen molar-refractivity contribution in [2.75, 3.05) is 29.6 Å². The maximum absolute atomic E-state index is 12.2. The Balaban J connectivity index is 1.94. The first-order valence-electron chi connectivity index (χ1n) is 7.06. The molecular weight excluding hydrogens is 298 g/mol. The van der Waals surface area contributed by atoms with Crippen LogP contribution in [0.15, 0.2) is 48.5 Å². The second-order valence-corrected chi connectivity index (χ2v) is 5.74. The molecule has 1 amide bonds. The van der Waals surface area contributed by atoms with E-state index in [0.717, 1.165) is 17.1 Å². The van der Waals surface area contributed by atoms with Crippen LogP contribution in [0.25, 0.3) is 0 Å². The number of hydrogen-bond donors (Lipinski definition) is 2. The molecule has 0 bridgehead atoms. The highest BCUT2D eigenvalue weighted by Crippen LogP contribution is 2.17. The summed E-state index contributed by atoms with van der Waals surface area (Å²) in [6, 6.07) is 14.6. The molecule has 0 aliphatic rings. The molecule has 2 rings (SSSR count). The summed E-state index contributed by atoms with van der Waals surface area (Å²) in [6.07, 6.45) is 0. The lowest BCUT2D eigenvalue weighted by Gasteiger charge is -2.16. The van der Waals surface area contributed by atoms with Crippen molar-refractivity contribution in [1.29, 1.82) is 0 Å². The van der Waals surface area contributed by atoms with Crippen LogP contribution < -0.4 is 15.5 Å². The summed E-state index contributed by atoms with van der Waals surface area (Å²) in [6.45, 7) is 1.82. The number of halogens is 1. The zero-order valence-electron chi connectivity index (χ0n) is 12.9. The van der Waals surface area contributed by atoms with Gasteiger partial charge in [0.05, 0.1) is 0 Å². The summed E-state index contributed by atoms with van der Waals surface area (Å²) in [5.41, 5.74) is 2.72. The van der Waals surface area contributed by atoms with Gasteiger partial charge in [-0.3, -0.25) is 4.79 Å². The highest BCUT2D eigenvalue weighted by molar-refractivity contribution is 6.30. The summed E-state index contributed by atoms with van der Waals surface area (Å²) in [5, 5.41) is 6.70. The van der Waals surface area contributed by atoms with Gasteiger partial charge in [0.15, 0.2) is 0 Å². The molecule has 2 N–H and O–H groups in total. The van der Waals surface area contributed by atoms with Crippen LogP contribution in [0.5, 0.6) is 0 Å². The third-order valence-electron chi connectivity index (χ3n) is 3.27. The first-order chi connectivity index (χ1) is 10.5. The van der Waals surface area contributed by atoms with Crippen molar-refractivity contribution in [2.45, 2.75) is 13.0 Å². The van der Waals surface area contributed by atoms with E-state index in [1.807, 2.05) is 62.3 Å². The fourth-order valence-corrected chi connectivity index (χ4v) is 2.08. The van der Waals surface area contributed by atoms with Crippen molar-refractivity contribution in [3.8, 4) is 0 Å². The topological polar surface area (TPSA) is 44.4 Å². The quantitative estimate of drug-likeness (QED) is 0.880. The van der Waals surface area contributed by atoms with Crippen molar-refractivity contribution < 1.29 is 4.79 Å². The Morgan fingerprint density at radius 2 is 1.55 bits per heavy atom. The van der Waals surface area contributed by atoms with Crippen LogP contribution in [0.3, 0.4) is 0 Å². The fraction of sp³-hybridized carbons (Fsp3) is 0.235. The molecular formula is C17H20ClN3O. The molecule has 0 saturated carbocycles. The summed E-state index contributed by atoms with van der Waals surface area (Å²) >= 11 is 5.84. The van der Waals surface area contributed by atoms with Gasteiger partial charge >= 0.3 is 0 Å². The van der Waals surface area contributed by atoms with Gasteiger partial charge in [0.1, 0.15) is 6.04 Å². The molecule has 1 atom stereocenters. The summed E-state index contributed by atoms with van der Waals surface area (Å²) in [5.74, 6) is -0.0902. The number of carbonyl (C=O) groups excluding carboxylic acids is 1. The van der Waals surface area contributed by atoms with Crippen molar-refractivity contribution in [3.63, 3.8) is 0 Å². The molecule has 2 aromatic carbocycles. The number of carbonyl (C=O) groups is 1. The number of amides is 1. The maximum atomic E-state index is 12.2. The minimum atomic E-state index is -0.352. The fourth-order valence-electron chi connectivity index (χ4n) is 1.96. The Kier molecular flexibility index (Phi) is 5.28. The van der Waals surface area contributed by atoms with Crippen LogP contribution in [-0.4, -0.2) is 26.0 Å². The number of rotatable bonds is 5. The molecule has 0 unspecified atom stereocenters. The number of nitrogens with zero attached hydrogens (tertiary/aromatic N) is 1. The van der Waals surface area contributed by atoms with Crippen molar-refractivity contribution >= 4 is 34.6 Å². The van der Waals surface area contributed by atoms with Gasteiger partial charge in [-0.1, -0.05) is 11.6 Å². The van der Waals surface area contributed by atoms with Crippen LogP contribution >= 0.6 is 11.6 Å².